The van der Waals surface area contributed by atoms with Crippen LogP contribution in [0.5, 0.6) is 0 Å². The third-order valence-electron chi connectivity index (χ3n) is 2.07. The Kier molecular flexibility index (Phi) is 3.60. The molecule has 3 heteroatoms. The number of hydrogen-bond donors (Lipinski definition) is 0. The summed E-state index contributed by atoms with van der Waals surface area (Å²) in [6, 6.07) is 2.15. The summed E-state index contributed by atoms with van der Waals surface area (Å²) in [5.41, 5.74) is 0. The Morgan fingerprint density at radius 3 is 2.00 bits per heavy atom. The van der Waals surface area contributed by atoms with Gasteiger partial charge in [-0.25, -0.2) is 0 Å². The topological polar surface area (TPSA) is 30.3 Å². The summed E-state index contributed by atoms with van der Waals surface area (Å²) >= 11 is 0. The molecule has 0 aromatic rings. The van der Waals surface area contributed by atoms with Crippen molar-refractivity contribution in [2.24, 2.45) is 0 Å². The van der Waals surface area contributed by atoms with E-state index in [9.17, 15) is 0 Å². The van der Waals surface area contributed by atoms with Crippen LogP contribution in [0.1, 0.15) is 0 Å². The van der Waals surface area contributed by atoms with E-state index in [1.807, 2.05) is 0 Å². The largest absolute Gasteiger partial charge is 0.290 e. The van der Waals surface area contributed by atoms with Crippen LogP contribution in [0, 0.1) is 23.7 Å². The smallest absolute Gasteiger partial charge is 0.0866 e. The molecule has 0 radical (unpaired) electrons. The van der Waals surface area contributed by atoms with Gasteiger partial charge in [0.1, 0.15) is 0 Å². The zero-order valence-corrected chi connectivity index (χ0v) is 7.16. The molecule has 3 nitrogen and oxygen atoms in total. The normalized spacial score (nSPS) is 19.8. The van der Waals surface area contributed by atoms with Gasteiger partial charge in [0.25, 0.3) is 0 Å². The zero-order chi connectivity index (χ0) is 8.81. The molecule has 0 unspecified atom stereocenters. The van der Waals surface area contributed by atoms with Crippen molar-refractivity contribution in [1.82, 2.24) is 9.80 Å². The highest BCUT2D eigenvalue weighted by molar-refractivity contribution is 4.90. The SMILES string of the molecule is C#CCN1CCN(CC#N)CC1. The Morgan fingerprint density at radius 1 is 1.08 bits per heavy atom. The van der Waals surface area contributed by atoms with Crippen LogP contribution in [0.15, 0.2) is 0 Å². The Bertz CT molecular complexity index is 179. The maximum atomic E-state index is 8.45. The Balaban J connectivity index is 2.22. The quantitative estimate of drug-likeness (QED) is 0.416. The summed E-state index contributed by atoms with van der Waals surface area (Å²) in [5, 5.41) is 8.45. The molecule has 0 N–H and O–H groups in total. The maximum absolute atomic E-state index is 8.45. The molecule has 1 heterocycles. The van der Waals surface area contributed by atoms with Gasteiger partial charge in [-0.05, 0) is 0 Å². The van der Waals surface area contributed by atoms with E-state index in [-0.39, 0.29) is 0 Å². The molecule has 12 heavy (non-hydrogen) atoms. The summed E-state index contributed by atoms with van der Waals surface area (Å²) in [7, 11) is 0. The van der Waals surface area contributed by atoms with Gasteiger partial charge in [-0.2, -0.15) is 5.26 Å². The first kappa shape index (κ1) is 9.06. The van der Waals surface area contributed by atoms with Gasteiger partial charge in [0.2, 0.25) is 0 Å². The predicted molar refractivity (Wildman–Crippen MR) is 47.3 cm³/mol. The van der Waals surface area contributed by atoms with Crippen LogP contribution in [-0.4, -0.2) is 49.1 Å². The van der Waals surface area contributed by atoms with Gasteiger partial charge >= 0.3 is 0 Å². The molecule has 0 spiro atoms. The van der Waals surface area contributed by atoms with Crippen LogP contribution in [0.2, 0.25) is 0 Å². The Morgan fingerprint density at radius 2 is 1.58 bits per heavy atom. The predicted octanol–water partition coefficient (Wildman–Crippen LogP) is -0.239. The molecule has 0 saturated carbocycles. The van der Waals surface area contributed by atoms with Gasteiger partial charge in [-0.15, -0.1) is 6.42 Å². The lowest BCUT2D eigenvalue weighted by atomic mass is 10.3. The molecule has 1 aliphatic heterocycles. The first-order valence-corrected chi connectivity index (χ1v) is 4.12. The highest BCUT2D eigenvalue weighted by Crippen LogP contribution is 1.99. The fourth-order valence-electron chi connectivity index (χ4n) is 1.33. The van der Waals surface area contributed by atoms with Crippen molar-refractivity contribution in [3.63, 3.8) is 0 Å². The van der Waals surface area contributed by atoms with Gasteiger partial charge in [0.15, 0.2) is 0 Å². The maximum Gasteiger partial charge on any atom is 0.0866 e. The van der Waals surface area contributed by atoms with Crippen LogP contribution in [-0.2, 0) is 0 Å². The van der Waals surface area contributed by atoms with Crippen molar-refractivity contribution in [3.05, 3.63) is 0 Å². The number of nitriles is 1. The lowest BCUT2D eigenvalue weighted by Crippen LogP contribution is -2.46. The van der Waals surface area contributed by atoms with Gasteiger partial charge in [0, 0.05) is 26.2 Å². The summed E-state index contributed by atoms with van der Waals surface area (Å²) < 4.78 is 0. The second-order valence-electron chi connectivity index (χ2n) is 2.91. The molecule has 0 aromatic carbocycles. The fourth-order valence-corrected chi connectivity index (χ4v) is 1.33. The number of piperazine rings is 1. The van der Waals surface area contributed by atoms with Gasteiger partial charge in [-0.3, -0.25) is 9.80 Å². The summed E-state index contributed by atoms with van der Waals surface area (Å²) in [6.07, 6.45) is 5.20. The first-order chi connectivity index (χ1) is 5.86. The van der Waals surface area contributed by atoms with E-state index in [1.165, 1.54) is 0 Å². The lowest BCUT2D eigenvalue weighted by Gasteiger charge is -2.31. The fraction of sp³-hybridized carbons (Fsp3) is 0.667. The molecule has 0 bridgehead atoms. The van der Waals surface area contributed by atoms with Crippen molar-refractivity contribution in [3.8, 4) is 18.4 Å². The van der Waals surface area contributed by atoms with E-state index in [0.717, 1.165) is 32.7 Å². The van der Waals surface area contributed by atoms with Crippen molar-refractivity contribution in [2.75, 3.05) is 39.3 Å². The van der Waals surface area contributed by atoms with E-state index in [0.29, 0.717) is 6.54 Å². The third kappa shape index (κ3) is 2.54. The van der Waals surface area contributed by atoms with E-state index in [2.05, 4.69) is 21.8 Å². The molecule has 1 fully saturated rings. The standard InChI is InChI=1S/C9H13N3/c1-2-4-11-6-8-12(5-3-10)9-7-11/h1H,4-9H2. The molecule has 1 aliphatic rings. The molecule has 1 rings (SSSR count). The van der Waals surface area contributed by atoms with Crippen molar-refractivity contribution in [2.45, 2.75) is 0 Å². The van der Waals surface area contributed by atoms with Crippen LogP contribution in [0.4, 0.5) is 0 Å². The average molecular weight is 163 g/mol. The Hall–Kier alpha value is -1.03. The van der Waals surface area contributed by atoms with Crippen LogP contribution in [0.3, 0.4) is 0 Å². The summed E-state index contributed by atoms with van der Waals surface area (Å²) in [4.78, 5) is 4.38. The van der Waals surface area contributed by atoms with Crippen molar-refractivity contribution >= 4 is 0 Å². The molecule has 64 valence electrons. The minimum absolute atomic E-state index is 0.546. The Labute approximate surface area is 73.6 Å². The number of terminal acetylenes is 1. The number of hydrogen-bond acceptors (Lipinski definition) is 3. The number of nitrogens with zero attached hydrogens (tertiary/aromatic N) is 3. The average Bonchev–Trinajstić information content (AvgIpc) is 2.09. The first-order valence-electron chi connectivity index (χ1n) is 4.12. The lowest BCUT2D eigenvalue weighted by molar-refractivity contribution is 0.157. The third-order valence-corrected chi connectivity index (χ3v) is 2.07. The molecule has 0 aromatic heterocycles. The van der Waals surface area contributed by atoms with Crippen LogP contribution in [0.25, 0.3) is 0 Å². The van der Waals surface area contributed by atoms with Gasteiger partial charge in [-0.1, -0.05) is 5.92 Å². The second-order valence-corrected chi connectivity index (χ2v) is 2.91. The van der Waals surface area contributed by atoms with Gasteiger partial charge in [0.05, 0.1) is 19.2 Å². The minimum atomic E-state index is 0.546. The van der Waals surface area contributed by atoms with E-state index in [4.69, 9.17) is 11.7 Å². The van der Waals surface area contributed by atoms with Crippen molar-refractivity contribution < 1.29 is 0 Å². The molecule has 0 amide bonds. The van der Waals surface area contributed by atoms with E-state index >= 15 is 0 Å². The monoisotopic (exact) mass is 163 g/mol. The molecule has 0 aliphatic carbocycles. The summed E-state index contributed by atoms with van der Waals surface area (Å²) in [6.45, 7) is 5.20. The highest BCUT2D eigenvalue weighted by atomic mass is 15.3. The molecule has 1 saturated heterocycles. The minimum Gasteiger partial charge on any atom is -0.290 e. The van der Waals surface area contributed by atoms with Gasteiger partial charge < -0.3 is 0 Å². The van der Waals surface area contributed by atoms with E-state index < -0.39 is 0 Å². The highest BCUT2D eigenvalue weighted by Gasteiger charge is 2.14. The zero-order valence-electron chi connectivity index (χ0n) is 7.16. The number of rotatable bonds is 2. The molecular formula is C9H13N3. The summed E-state index contributed by atoms with van der Waals surface area (Å²) in [5.74, 6) is 2.63. The molecule has 0 atom stereocenters. The van der Waals surface area contributed by atoms with E-state index in [1.54, 1.807) is 0 Å². The van der Waals surface area contributed by atoms with Crippen LogP contribution < -0.4 is 0 Å². The molecular weight excluding hydrogens is 150 g/mol. The van der Waals surface area contributed by atoms with Crippen molar-refractivity contribution in [1.29, 1.82) is 5.26 Å². The second kappa shape index (κ2) is 4.77. The van der Waals surface area contributed by atoms with Crippen LogP contribution >= 0.6 is 0 Å².